The normalized spacial score (nSPS) is 8.33. The van der Waals surface area contributed by atoms with E-state index in [9.17, 15) is 0 Å². The second-order valence-electron chi connectivity index (χ2n) is 4.73. The Kier molecular flexibility index (Phi) is 53.1. The third-order valence-electron chi connectivity index (χ3n) is 1.10. The van der Waals surface area contributed by atoms with Gasteiger partial charge in [-0.15, -0.1) is 0 Å². The van der Waals surface area contributed by atoms with E-state index in [2.05, 4.69) is 0 Å². The quantitative estimate of drug-likeness (QED) is 0.510. The molecule has 0 fully saturated rings. The van der Waals surface area contributed by atoms with Gasteiger partial charge in [-0.05, 0) is 17.8 Å². The van der Waals surface area contributed by atoms with Gasteiger partial charge in [0.2, 0.25) is 0 Å². The third-order valence-corrected chi connectivity index (χ3v) is 1.10. The van der Waals surface area contributed by atoms with E-state index in [-0.39, 0.29) is 25.8 Å². The predicted molar refractivity (Wildman–Crippen MR) is 73.9 cm³/mol. The van der Waals surface area contributed by atoms with Gasteiger partial charge in [0.05, 0.1) is 0 Å². The van der Waals surface area contributed by atoms with Crippen molar-refractivity contribution in [3.63, 3.8) is 0 Å². The number of hydrogen-bond acceptors (Lipinski definition) is 4. The second-order valence-corrected chi connectivity index (χ2v) is 4.73. The summed E-state index contributed by atoms with van der Waals surface area (Å²) < 4.78 is 0. The summed E-state index contributed by atoms with van der Waals surface area (Å²) >= 11 is 0. The van der Waals surface area contributed by atoms with Crippen molar-refractivity contribution in [3.05, 3.63) is 0 Å². The first-order valence-corrected chi connectivity index (χ1v) is 6.08. The van der Waals surface area contributed by atoms with Crippen molar-refractivity contribution in [2.45, 2.75) is 41.5 Å². The molecule has 0 saturated carbocycles. The zero-order valence-corrected chi connectivity index (χ0v) is 16.7. The van der Waals surface area contributed by atoms with E-state index < -0.39 is 0 Å². The SMILES string of the molecule is CC(C)CO.CC(C)CO.CC(C)CO.CO.[Hf]. The van der Waals surface area contributed by atoms with E-state index in [0.717, 1.165) is 7.11 Å². The van der Waals surface area contributed by atoms with Gasteiger partial charge < -0.3 is 20.4 Å². The first-order valence-electron chi connectivity index (χ1n) is 6.08. The molecule has 4 N–H and O–H groups in total. The van der Waals surface area contributed by atoms with Gasteiger partial charge >= 0.3 is 0 Å². The molecule has 0 unspecified atom stereocenters. The van der Waals surface area contributed by atoms with Crippen molar-refractivity contribution in [1.29, 1.82) is 0 Å². The summed E-state index contributed by atoms with van der Waals surface area (Å²) in [5.74, 6) is 1.32. The summed E-state index contributed by atoms with van der Waals surface area (Å²) in [6.45, 7) is 12.7. The molecule has 18 heavy (non-hydrogen) atoms. The molecule has 0 aromatic carbocycles. The third kappa shape index (κ3) is 91.6. The van der Waals surface area contributed by atoms with E-state index in [1.165, 1.54) is 0 Å². The molecule has 114 valence electrons. The van der Waals surface area contributed by atoms with E-state index in [1.807, 2.05) is 41.5 Å². The molecule has 0 amide bonds. The Morgan fingerprint density at radius 1 is 0.556 bits per heavy atom. The van der Waals surface area contributed by atoms with Gasteiger partial charge in [0.25, 0.3) is 0 Å². The first kappa shape index (κ1) is 31.2. The average molecular weight is 433 g/mol. The van der Waals surface area contributed by atoms with E-state index >= 15 is 0 Å². The minimum atomic E-state index is 0. The van der Waals surface area contributed by atoms with Crippen LogP contribution in [0.15, 0.2) is 0 Å². The topological polar surface area (TPSA) is 80.9 Å². The Hall–Kier alpha value is 0.710. The molecule has 4 nitrogen and oxygen atoms in total. The van der Waals surface area contributed by atoms with Gasteiger partial charge in [-0.25, -0.2) is 0 Å². The average Bonchev–Trinajstić information content (AvgIpc) is 2.32. The Labute approximate surface area is 132 Å². The van der Waals surface area contributed by atoms with Gasteiger partial charge in [0, 0.05) is 52.8 Å². The first-order chi connectivity index (χ1) is 7.81. The minimum absolute atomic E-state index is 0. The zero-order valence-electron chi connectivity index (χ0n) is 13.1. The molecule has 0 spiro atoms. The van der Waals surface area contributed by atoms with Crippen LogP contribution < -0.4 is 0 Å². The van der Waals surface area contributed by atoms with Gasteiger partial charge in [0.15, 0.2) is 0 Å². The largest absolute Gasteiger partial charge is 0.400 e. The second kappa shape index (κ2) is 30.6. The molecule has 0 aliphatic rings. The van der Waals surface area contributed by atoms with Crippen LogP contribution in [0.3, 0.4) is 0 Å². The van der Waals surface area contributed by atoms with Gasteiger partial charge in [-0.2, -0.15) is 0 Å². The number of rotatable bonds is 3. The molecule has 0 heterocycles. The van der Waals surface area contributed by atoms with Crippen LogP contribution in [0.25, 0.3) is 0 Å². The van der Waals surface area contributed by atoms with Crippen molar-refractivity contribution >= 4 is 0 Å². The van der Waals surface area contributed by atoms with Crippen LogP contribution in [0.1, 0.15) is 41.5 Å². The van der Waals surface area contributed by atoms with Crippen molar-refractivity contribution in [3.8, 4) is 0 Å². The molecule has 0 aliphatic heterocycles. The fourth-order valence-electron chi connectivity index (χ4n) is 0. The molecule has 0 bridgehead atoms. The molecule has 0 aromatic rings. The van der Waals surface area contributed by atoms with E-state index in [0.29, 0.717) is 37.6 Å². The van der Waals surface area contributed by atoms with Crippen LogP contribution in [0.2, 0.25) is 0 Å². The Morgan fingerprint density at radius 2 is 0.611 bits per heavy atom. The fourth-order valence-corrected chi connectivity index (χ4v) is 0. The molecule has 5 heteroatoms. The van der Waals surface area contributed by atoms with Crippen molar-refractivity contribution in [1.82, 2.24) is 0 Å². The maximum Gasteiger partial charge on any atom is 0.0453 e. The van der Waals surface area contributed by atoms with Crippen LogP contribution in [-0.4, -0.2) is 47.4 Å². The summed E-state index contributed by atoms with van der Waals surface area (Å²) in [7, 11) is 1.00. The van der Waals surface area contributed by atoms with Crippen molar-refractivity contribution < 1.29 is 46.3 Å². The minimum Gasteiger partial charge on any atom is -0.400 e. The molecule has 0 aliphatic carbocycles. The number of hydrogen-bond donors (Lipinski definition) is 4. The monoisotopic (exact) mass is 434 g/mol. The summed E-state index contributed by atoms with van der Waals surface area (Å²) in [4.78, 5) is 0. The van der Waals surface area contributed by atoms with E-state index in [4.69, 9.17) is 20.4 Å². The summed E-state index contributed by atoms with van der Waals surface area (Å²) in [6, 6.07) is 0. The van der Waals surface area contributed by atoms with Crippen LogP contribution in [0, 0.1) is 17.8 Å². The summed E-state index contributed by atoms with van der Waals surface area (Å²) in [6.07, 6.45) is 0. The van der Waals surface area contributed by atoms with Crippen LogP contribution in [0.4, 0.5) is 0 Å². The molecular weight excluding hydrogens is 399 g/mol. The van der Waals surface area contributed by atoms with Crippen LogP contribution >= 0.6 is 0 Å². The maximum absolute atomic E-state index is 8.14. The van der Waals surface area contributed by atoms with Gasteiger partial charge in [-0.1, -0.05) is 41.5 Å². The number of aliphatic hydroxyl groups excluding tert-OH is 4. The summed E-state index contributed by atoms with van der Waals surface area (Å²) in [5, 5.41) is 31.4. The molecule has 0 aromatic heterocycles. The molecular formula is C13H34HfO4. The molecule has 0 saturated heterocycles. The maximum atomic E-state index is 8.14. The Balaban J connectivity index is -0.0000000427. The fraction of sp³-hybridized carbons (Fsp3) is 1.00. The molecule has 0 rings (SSSR count). The summed E-state index contributed by atoms with van der Waals surface area (Å²) in [5.41, 5.74) is 0. The van der Waals surface area contributed by atoms with Crippen molar-refractivity contribution in [2.24, 2.45) is 17.8 Å². The van der Waals surface area contributed by atoms with Gasteiger partial charge in [0.1, 0.15) is 0 Å². The Bertz CT molecular complexity index is 80.0. The van der Waals surface area contributed by atoms with Crippen LogP contribution in [-0.2, 0) is 25.8 Å². The van der Waals surface area contributed by atoms with Crippen molar-refractivity contribution in [2.75, 3.05) is 26.9 Å². The zero-order chi connectivity index (χ0) is 14.9. The molecule has 0 atom stereocenters. The van der Waals surface area contributed by atoms with Gasteiger partial charge in [-0.3, -0.25) is 0 Å². The number of aliphatic hydroxyl groups is 4. The smallest absolute Gasteiger partial charge is 0.0453 e. The Morgan fingerprint density at radius 3 is 0.611 bits per heavy atom. The predicted octanol–water partition coefficient (Wildman–Crippen LogP) is 1.51. The van der Waals surface area contributed by atoms with E-state index in [1.54, 1.807) is 0 Å². The standard InChI is InChI=1S/3C4H10O.CH4O.Hf/c3*1-4(2)3-5;1-2;/h3*4-5H,3H2,1-2H3;2H,1H3;. The molecule has 0 radical (unpaired) electrons. The van der Waals surface area contributed by atoms with Crippen LogP contribution in [0.5, 0.6) is 0 Å².